The summed E-state index contributed by atoms with van der Waals surface area (Å²) in [5.74, 6) is -0.305. The van der Waals surface area contributed by atoms with Crippen LogP contribution in [0.4, 0.5) is 0 Å². The molecule has 1 N–H and O–H groups in total. The Labute approximate surface area is 79.7 Å². The highest BCUT2D eigenvalue weighted by molar-refractivity contribution is 5.67. The van der Waals surface area contributed by atoms with E-state index in [0.717, 1.165) is 25.9 Å². The molecule has 0 saturated carbocycles. The molecule has 2 unspecified atom stereocenters. The molecule has 76 valence electrons. The maximum atomic E-state index is 10.6. The van der Waals surface area contributed by atoms with Crippen molar-refractivity contribution in [3.05, 3.63) is 0 Å². The van der Waals surface area contributed by atoms with Gasteiger partial charge in [-0.15, -0.1) is 0 Å². The first-order valence-corrected chi connectivity index (χ1v) is 5.11. The molecule has 0 spiro atoms. The molecule has 0 aliphatic carbocycles. The number of likely N-dealkylation sites (tertiary alicyclic amines) is 1. The predicted molar refractivity (Wildman–Crippen MR) is 51.7 cm³/mol. The van der Waals surface area contributed by atoms with Gasteiger partial charge in [-0.1, -0.05) is 6.92 Å². The lowest BCUT2D eigenvalue weighted by molar-refractivity contribution is -0.139. The zero-order valence-electron chi connectivity index (χ0n) is 8.49. The van der Waals surface area contributed by atoms with Gasteiger partial charge < -0.3 is 10.0 Å². The van der Waals surface area contributed by atoms with Gasteiger partial charge in [-0.2, -0.15) is 0 Å². The summed E-state index contributed by atoms with van der Waals surface area (Å²) in [7, 11) is 0. The fourth-order valence-corrected chi connectivity index (χ4v) is 2.24. The molecule has 0 bridgehead atoms. The quantitative estimate of drug-likeness (QED) is 0.725. The van der Waals surface area contributed by atoms with Crippen LogP contribution in [0, 0.1) is 5.92 Å². The molecule has 3 heteroatoms. The van der Waals surface area contributed by atoms with E-state index in [4.69, 9.17) is 5.11 Å². The van der Waals surface area contributed by atoms with E-state index in [1.165, 1.54) is 0 Å². The SMILES string of the molecule is CCN1CCCC(CC(=O)O)C1C. The van der Waals surface area contributed by atoms with Crippen molar-refractivity contribution < 1.29 is 9.90 Å². The monoisotopic (exact) mass is 185 g/mol. The minimum Gasteiger partial charge on any atom is -0.481 e. The van der Waals surface area contributed by atoms with Crippen LogP contribution in [-0.2, 0) is 4.79 Å². The number of rotatable bonds is 3. The van der Waals surface area contributed by atoms with Gasteiger partial charge in [0.25, 0.3) is 0 Å². The summed E-state index contributed by atoms with van der Waals surface area (Å²) >= 11 is 0. The minimum absolute atomic E-state index is 0.331. The summed E-state index contributed by atoms with van der Waals surface area (Å²) in [5, 5.41) is 8.72. The molecule has 1 aliphatic heterocycles. The van der Waals surface area contributed by atoms with Crippen molar-refractivity contribution in [2.24, 2.45) is 5.92 Å². The topological polar surface area (TPSA) is 40.5 Å². The van der Waals surface area contributed by atoms with Crippen LogP contribution in [0.1, 0.15) is 33.1 Å². The Morgan fingerprint density at radius 1 is 1.62 bits per heavy atom. The fraction of sp³-hybridized carbons (Fsp3) is 0.900. The lowest BCUT2D eigenvalue weighted by atomic mass is 9.87. The van der Waals surface area contributed by atoms with Crippen LogP contribution < -0.4 is 0 Å². The lowest BCUT2D eigenvalue weighted by Gasteiger charge is -2.38. The van der Waals surface area contributed by atoms with Crippen LogP contribution >= 0.6 is 0 Å². The molecule has 3 nitrogen and oxygen atoms in total. The highest BCUT2D eigenvalue weighted by Gasteiger charge is 2.28. The van der Waals surface area contributed by atoms with Crippen molar-refractivity contribution in [3.63, 3.8) is 0 Å². The first-order valence-electron chi connectivity index (χ1n) is 5.11. The maximum Gasteiger partial charge on any atom is 0.303 e. The summed E-state index contributed by atoms with van der Waals surface area (Å²) in [6, 6.07) is 0.440. The van der Waals surface area contributed by atoms with Gasteiger partial charge >= 0.3 is 5.97 Å². The number of hydrogen-bond donors (Lipinski definition) is 1. The zero-order chi connectivity index (χ0) is 9.84. The van der Waals surface area contributed by atoms with Gasteiger partial charge in [-0.25, -0.2) is 0 Å². The van der Waals surface area contributed by atoms with Gasteiger partial charge in [0.15, 0.2) is 0 Å². The normalized spacial score (nSPS) is 30.3. The van der Waals surface area contributed by atoms with Crippen LogP contribution in [0.3, 0.4) is 0 Å². The average Bonchev–Trinajstić information content (AvgIpc) is 2.08. The molecule has 1 saturated heterocycles. The van der Waals surface area contributed by atoms with Crippen molar-refractivity contribution in [3.8, 4) is 0 Å². The third kappa shape index (κ3) is 2.69. The number of piperidine rings is 1. The Hall–Kier alpha value is -0.570. The second-order valence-corrected chi connectivity index (χ2v) is 3.87. The second-order valence-electron chi connectivity index (χ2n) is 3.87. The molecule has 0 amide bonds. The fourth-order valence-electron chi connectivity index (χ4n) is 2.24. The molecule has 0 aromatic rings. The Kier molecular flexibility index (Phi) is 3.72. The van der Waals surface area contributed by atoms with Crippen molar-refractivity contribution in [2.45, 2.75) is 39.2 Å². The molecule has 1 heterocycles. The van der Waals surface area contributed by atoms with E-state index in [2.05, 4.69) is 18.7 Å². The third-order valence-corrected chi connectivity index (χ3v) is 3.12. The average molecular weight is 185 g/mol. The highest BCUT2D eigenvalue weighted by atomic mass is 16.4. The van der Waals surface area contributed by atoms with Gasteiger partial charge in [0, 0.05) is 12.5 Å². The summed E-state index contributed by atoms with van der Waals surface area (Å²) in [4.78, 5) is 13.0. The van der Waals surface area contributed by atoms with E-state index >= 15 is 0 Å². The van der Waals surface area contributed by atoms with Crippen molar-refractivity contribution in [2.75, 3.05) is 13.1 Å². The molecule has 1 rings (SSSR count). The molecule has 13 heavy (non-hydrogen) atoms. The predicted octanol–water partition coefficient (Wildman–Crippen LogP) is 1.58. The Bertz CT molecular complexity index is 182. The number of aliphatic carboxylic acids is 1. The first-order chi connectivity index (χ1) is 6.15. The molecule has 0 aromatic carbocycles. The van der Waals surface area contributed by atoms with Crippen LogP contribution in [0.15, 0.2) is 0 Å². The Morgan fingerprint density at radius 2 is 2.31 bits per heavy atom. The van der Waals surface area contributed by atoms with Gasteiger partial charge in [-0.05, 0) is 38.8 Å². The Morgan fingerprint density at radius 3 is 2.85 bits per heavy atom. The van der Waals surface area contributed by atoms with Gasteiger partial charge in [0.2, 0.25) is 0 Å². The van der Waals surface area contributed by atoms with E-state index < -0.39 is 5.97 Å². The van der Waals surface area contributed by atoms with E-state index in [9.17, 15) is 4.79 Å². The van der Waals surface area contributed by atoms with Crippen molar-refractivity contribution in [1.82, 2.24) is 4.90 Å². The smallest absolute Gasteiger partial charge is 0.303 e. The van der Waals surface area contributed by atoms with E-state index in [-0.39, 0.29) is 0 Å². The maximum absolute atomic E-state index is 10.6. The molecule has 1 fully saturated rings. The molecule has 0 aromatic heterocycles. The number of carboxylic acids is 1. The molecule has 0 radical (unpaired) electrons. The number of carboxylic acid groups (broad SMARTS) is 1. The number of hydrogen-bond acceptors (Lipinski definition) is 2. The lowest BCUT2D eigenvalue weighted by Crippen LogP contribution is -2.43. The number of nitrogens with zero attached hydrogens (tertiary/aromatic N) is 1. The van der Waals surface area contributed by atoms with Gasteiger partial charge in [0.1, 0.15) is 0 Å². The summed E-state index contributed by atoms with van der Waals surface area (Å²) < 4.78 is 0. The van der Waals surface area contributed by atoms with Crippen molar-refractivity contribution >= 4 is 5.97 Å². The highest BCUT2D eigenvalue weighted by Crippen LogP contribution is 2.25. The largest absolute Gasteiger partial charge is 0.481 e. The van der Waals surface area contributed by atoms with Gasteiger partial charge in [-0.3, -0.25) is 4.79 Å². The summed E-state index contributed by atoms with van der Waals surface area (Å²) in [6.45, 7) is 6.46. The van der Waals surface area contributed by atoms with Crippen LogP contribution in [-0.4, -0.2) is 35.1 Å². The number of carbonyl (C=O) groups is 1. The summed E-state index contributed by atoms with van der Waals surface area (Å²) in [6.07, 6.45) is 2.55. The molecular formula is C10H19NO2. The molecule has 2 atom stereocenters. The van der Waals surface area contributed by atoms with Crippen LogP contribution in [0.25, 0.3) is 0 Å². The molecule has 1 aliphatic rings. The standard InChI is InChI=1S/C10H19NO2/c1-3-11-6-4-5-9(8(11)2)7-10(12)13/h8-9H,3-7H2,1-2H3,(H,12,13). The zero-order valence-corrected chi connectivity index (χ0v) is 8.49. The Balaban J connectivity index is 2.49. The van der Waals surface area contributed by atoms with E-state index in [0.29, 0.717) is 18.4 Å². The molecular weight excluding hydrogens is 166 g/mol. The van der Waals surface area contributed by atoms with E-state index in [1.807, 2.05) is 0 Å². The van der Waals surface area contributed by atoms with Crippen molar-refractivity contribution in [1.29, 1.82) is 0 Å². The van der Waals surface area contributed by atoms with E-state index in [1.54, 1.807) is 0 Å². The first kappa shape index (κ1) is 10.5. The minimum atomic E-state index is -0.658. The van der Waals surface area contributed by atoms with Crippen LogP contribution in [0.2, 0.25) is 0 Å². The van der Waals surface area contributed by atoms with Crippen LogP contribution in [0.5, 0.6) is 0 Å². The van der Waals surface area contributed by atoms with Gasteiger partial charge in [0.05, 0.1) is 0 Å². The summed E-state index contributed by atoms with van der Waals surface area (Å²) in [5.41, 5.74) is 0. The second kappa shape index (κ2) is 4.61. The third-order valence-electron chi connectivity index (χ3n) is 3.12.